The molecule has 8 heteroatoms. The van der Waals surface area contributed by atoms with Crippen molar-refractivity contribution in [3.8, 4) is 11.3 Å². The Balaban J connectivity index is 1.99. The molecule has 20 heavy (non-hydrogen) atoms. The Bertz CT molecular complexity index is 757. The van der Waals surface area contributed by atoms with Gasteiger partial charge < -0.3 is 0 Å². The molecule has 6 nitrogen and oxygen atoms in total. The molecule has 1 fully saturated rings. The summed E-state index contributed by atoms with van der Waals surface area (Å²) in [5.41, 5.74) is 1.50. The van der Waals surface area contributed by atoms with Crippen LogP contribution in [0.25, 0.3) is 11.3 Å². The largest absolute Gasteiger partial charge is 0.275 e. The van der Waals surface area contributed by atoms with E-state index in [1.54, 1.807) is 16.9 Å². The second-order valence-corrected chi connectivity index (χ2v) is 7.55. The van der Waals surface area contributed by atoms with Crippen LogP contribution in [0.1, 0.15) is 18.2 Å². The van der Waals surface area contributed by atoms with Crippen LogP contribution in [0.15, 0.2) is 18.5 Å². The van der Waals surface area contributed by atoms with Crippen molar-refractivity contribution >= 4 is 21.4 Å². The van der Waals surface area contributed by atoms with Crippen molar-refractivity contribution < 1.29 is 8.42 Å². The molecule has 0 saturated carbocycles. The predicted octanol–water partition coefficient (Wildman–Crippen LogP) is 1.43. The van der Waals surface area contributed by atoms with Gasteiger partial charge >= 0.3 is 0 Å². The van der Waals surface area contributed by atoms with Crippen LogP contribution in [0.3, 0.4) is 0 Å². The van der Waals surface area contributed by atoms with Crippen molar-refractivity contribution in [3.63, 3.8) is 0 Å². The molecular formula is C12H13ClN4O2S. The van der Waals surface area contributed by atoms with Crippen LogP contribution < -0.4 is 0 Å². The predicted molar refractivity (Wildman–Crippen MR) is 75.3 cm³/mol. The van der Waals surface area contributed by atoms with Gasteiger partial charge in [0.25, 0.3) is 0 Å². The Morgan fingerprint density at radius 3 is 2.80 bits per heavy atom. The molecule has 0 bridgehead atoms. The smallest absolute Gasteiger partial charge is 0.151 e. The fraction of sp³-hybridized carbons (Fsp3) is 0.417. The van der Waals surface area contributed by atoms with E-state index in [-0.39, 0.29) is 17.4 Å². The molecule has 0 N–H and O–H groups in total. The van der Waals surface area contributed by atoms with Gasteiger partial charge in [-0.05, 0) is 6.42 Å². The Hall–Kier alpha value is -1.47. The number of rotatable bonds is 2. The number of aryl methyl sites for hydroxylation is 1. The van der Waals surface area contributed by atoms with Crippen LogP contribution in [0, 0.1) is 0 Å². The molecule has 0 amide bonds. The highest BCUT2D eigenvalue weighted by molar-refractivity contribution is 7.91. The topological polar surface area (TPSA) is 77.7 Å². The summed E-state index contributed by atoms with van der Waals surface area (Å²) in [6.07, 6.45) is 4.07. The van der Waals surface area contributed by atoms with E-state index < -0.39 is 9.84 Å². The minimum absolute atomic E-state index is 0.0970. The number of hydrogen-bond donors (Lipinski definition) is 0. The highest BCUT2D eigenvalue weighted by atomic mass is 35.5. The van der Waals surface area contributed by atoms with E-state index >= 15 is 0 Å². The maximum atomic E-state index is 11.6. The van der Waals surface area contributed by atoms with Gasteiger partial charge in [0.1, 0.15) is 11.0 Å². The van der Waals surface area contributed by atoms with E-state index in [0.29, 0.717) is 23.1 Å². The van der Waals surface area contributed by atoms with Gasteiger partial charge in [0.15, 0.2) is 9.84 Å². The van der Waals surface area contributed by atoms with Crippen molar-refractivity contribution in [2.24, 2.45) is 7.05 Å². The molecular weight excluding hydrogens is 300 g/mol. The minimum Gasteiger partial charge on any atom is -0.275 e. The molecule has 1 saturated heterocycles. The first-order valence-corrected chi connectivity index (χ1v) is 8.37. The molecule has 2 aromatic rings. The molecule has 0 aliphatic carbocycles. The summed E-state index contributed by atoms with van der Waals surface area (Å²) in [7, 11) is -1.15. The lowest BCUT2D eigenvalue weighted by molar-refractivity contribution is 0.601. The van der Waals surface area contributed by atoms with Gasteiger partial charge in [-0.2, -0.15) is 5.10 Å². The lowest BCUT2D eigenvalue weighted by atomic mass is 10.1. The van der Waals surface area contributed by atoms with Gasteiger partial charge in [-0.1, -0.05) is 11.6 Å². The molecule has 1 atom stereocenters. The lowest BCUT2D eigenvalue weighted by Crippen LogP contribution is -2.08. The zero-order chi connectivity index (χ0) is 14.3. The molecule has 1 aliphatic heterocycles. The summed E-state index contributed by atoms with van der Waals surface area (Å²) in [5, 5.41) is 4.41. The highest BCUT2D eigenvalue weighted by Crippen LogP contribution is 2.29. The number of aromatic nitrogens is 4. The average Bonchev–Trinajstić information content (AvgIpc) is 2.94. The first kappa shape index (κ1) is 13.5. The standard InChI is InChI=1S/C12H13ClN4O2S/c1-17-6-9(5-14-17)10-4-11(13)16-12(15-10)8-2-3-20(18,19)7-8/h4-6,8H,2-3,7H2,1H3. The Labute approximate surface area is 121 Å². The third-order valence-corrected chi connectivity index (χ3v) is 5.27. The van der Waals surface area contributed by atoms with Gasteiger partial charge in [0.2, 0.25) is 0 Å². The summed E-state index contributed by atoms with van der Waals surface area (Å²) >= 11 is 6.03. The van der Waals surface area contributed by atoms with E-state index in [1.807, 2.05) is 13.2 Å². The molecule has 0 aromatic carbocycles. The first-order chi connectivity index (χ1) is 9.43. The van der Waals surface area contributed by atoms with Crippen molar-refractivity contribution in [2.45, 2.75) is 12.3 Å². The summed E-state index contributed by atoms with van der Waals surface area (Å²) < 4.78 is 24.8. The Kier molecular flexibility index (Phi) is 3.25. The minimum atomic E-state index is -2.97. The number of nitrogens with zero attached hydrogens (tertiary/aromatic N) is 4. The van der Waals surface area contributed by atoms with Crippen LogP contribution >= 0.6 is 11.6 Å². The zero-order valence-electron chi connectivity index (χ0n) is 10.8. The fourth-order valence-corrected chi connectivity index (χ4v) is 4.25. The van der Waals surface area contributed by atoms with Crippen molar-refractivity contribution in [3.05, 3.63) is 29.4 Å². The number of halogens is 1. The van der Waals surface area contributed by atoms with Gasteiger partial charge in [-0.15, -0.1) is 0 Å². The molecule has 1 unspecified atom stereocenters. The summed E-state index contributed by atoms with van der Waals surface area (Å²) in [6, 6.07) is 1.66. The molecule has 2 aromatic heterocycles. The van der Waals surface area contributed by atoms with E-state index in [2.05, 4.69) is 15.1 Å². The van der Waals surface area contributed by atoms with Crippen LogP contribution in [0.2, 0.25) is 5.15 Å². The van der Waals surface area contributed by atoms with E-state index in [1.165, 1.54) is 0 Å². The van der Waals surface area contributed by atoms with Crippen molar-refractivity contribution in [2.75, 3.05) is 11.5 Å². The molecule has 3 rings (SSSR count). The van der Waals surface area contributed by atoms with Gasteiger partial charge in [0.05, 0.1) is 23.4 Å². The normalized spacial score (nSPS) is 21.2. The maximum Gasteiger partial charge on any atom is 0.151 e. The van der Waals surface area contributed by atoms with Crippen molar-refractivity contribution in [1.82, 2.24) is 19.7 Å². The molecule has 3 heterocycles. The van der Waals surface area contributed by atoms with Gasteiger partial charge in [-0.3, -0.25) is 4.68 Å². The molecule has 0 radical (unpaired) electrons. The van der Waals surface area contributed by atoms with Crippen LogP contribution in [0.4, 0.5) is 0 Å². The first-order valence-electron chi connectivity index (χ1n) is 6.17. The fourth-order valence-electron chi connectivity index (χ4n) is 2.32. The van der Waals surface area contributed by atoms with Crippen LogP contribution in [-0.4, -0.2) is 39.7 Å². The lowest BCUT2D eigenvalue weighted by Gasteiger charge is -2.08. The molecule has 106 valence electrons. The molecule has 1 aliphatic rings. The Morgan fingerprint density at radius 2 is 2.20 bits per heavy atom. The maximum absolute atomic E-state index is 11.6. The van der Waals surface area contributed by atoms with Crippen molar-refractivity contribution in [1.29, 1.82) is 0 Å². The summed E-state index contributed by atoms with van der Waals surface area (Å²) in [4.78, 5) is 8.63. The quantitative estimate of drug-likeness (QED) is 0.784. The monoisotopic (exact) mass is 312 g/mol. The summed E-state index contributed by atoms with van der Waals surface area (Å²) in [5.74, 6) is 0.613. The second-order valence-electron chi connectivity index (χ2n) is 4.94. The average molecular weight is 313 g/mol. The van der Waals surface area contributed by atoms with E-state index in [4.69, 9.17) is 11.6 Å². The number of sulfone groups is 1. The summed E-state index contributed by atoms with van der Waals surface area (Å²) in [6.45, 7) is 0. The zero-order valence-corrected chi connectivity index (χ0v) is 12.4. The van der Waals surface area contributed by atoms with Gasteiger partial charge in [0, 0.05) is 30.8 Å². The molecule has 0 spiro atoms. The highest BCUT2D eigenvalue weighted by Gasteiger charge is 2.31. The van der Waals surface area contributed by atoms with E-state index in [9.17, 15) is 8.42 Å². The van der Waals surface area contributed by atoms with Crippen LogP contribution in [0.5, 0.6) is 0 Å². The third-order valence-electron chi connectivity index (χ3n) is 3.31. The van der Waals surface area contributed by atoms with E-state index in [0.717, 1.165) is 5.56 Å². The third kappa shape index (κ3) is 2.69. The SMILES string of the molecule is Cn1cc(-c2cc(Cl)nc(C3CCS(=O)(=O)C3)n2)cn1. The van der Waals surface area contributed by atoms with Crippen LogP contribution in [-0.2, 0) is 16.9 Å². The Morgan fingerprint density at radius 1 is 1.40 bits per heavy atom. The number of hydrogen-bond acceptors (Lipinski definition) is 5. The van der Waals surface area contributed by atoms with Gasteiger partial charge in [-0.25, -0.2) is 18.4 Å². The second kappa shape index (κ2) is 4.82.